The van der Waals surface area contributed by atoms with E-state index >= 15 is 0 Å². The number of carbonyl (C=O) groups is 1. The van der Waals surface area contributed by atoms with Crippen molar-refractivity contribution in [3.8, 4) is 0 Å². The molecule has 5 nitrogen and oxygen atoms in total. The van der Waals surface area contributed by atoms with Gasteiger partial charge in [-0.1, -0.05) is 31.0 Å². The highest BCUT2D eigenvalue weighted by molar-refractivity contribution is 5.92. The van der Waals surface area contributed by atoms with Crippen LogP contribution in [0.3, 0.4) is 0 Å². The van der Waals surface area contributed by atoms with Gasteiger partial charge in [-0.25, -0.2) is 4.39 Å². The van der Waals surface area contributed by atoms with Gasteiger partial charge in [0.2, 0.25) is 0 Å². The van der Waals surface area contributed by atoms with Crippen molar-refractivity contribution in [1.82, 2.24) is 15.1 Å². The van der Waals surface area contributed by atoms with Crippen LogP contribution in [0.2, 0.25) is 0 Å². The van der Waals surface area contributed by atoms with E-state index in [-0.39, 0.29) is 30.3 Å². The van der Waals surface area contributed by atoms with Crippen molar-refractivity contribution < 1.29 is 14.3 Å². The second-order valence-corrected chi connectivity index (χ2v) is 6.31. The fourth-order valence-electron chi connectivity index (χ4n) is 3.62. The van der Waals surface area contributed by atoms with Gasteiger partial charge in [0.25, 0.3) is 5.91 Å². The Kier molecular flexibility index (Phi) is 4.94. The smallest absolute Gasteiger partial charge is 0.269 e. The van der Waals surface area contributed by atoms with Crippen molar-refractivity contribution in [3.63, 3.8) is 0 Å². The molecule has 1 aliphatic carbocycles. The SMILES string of the molecule is O=C(NCC1(c2ccccc2F)CCCC1)c1ccnn1CCO. The number of aromatic nitrogens is 2. The molecule has 128 valence electrons. The molecule has 0 unspecified atom stereocenters. The van der Waals surface area contributed by atoms with E-state index in [9.17, 15) is 9.18 Å². The summed E-state index contributed by atoms with van der Waals surface area (Å²) >= 11 is 0. The number of hydrogen-bond donors (Lipinski definition) is 2. The van der Waals surface area contributed by atoms with E-state index in [1.165, 1.54) is 16.9 Å². The van der Waals surface area contributed by atoms with Crippen LogP contribution in [0.25, 0.3) is 0 Å². The van der Waals surface area contributed by atoms with Crippen molar-refractivity contribution in [3.05, 3.63) is 53.6 Å². The number of hydrogen-bond acceptors (Lipinski definition) is 3. The van der Waals surface area contributed by atoms with Crippen molar-refractivity contribution in [2.75, 3.05) is 13.2 Å². The van der Waals surface area contributed by atoms with E-state index in [0.717, 1.165) is 25.7 Å². The molecule has 2 N–H and O–H groups in total. The summed E-state index contributed by atoms with van der Waals surface area (Å²) in [5.41, 5.74) is 0.750. The molecule has 1 amide bonds. The Hall–Kier alpha value is -2.21. The van der Waals surface area contributed by atoms with E-state index in [0.29, 0.717) is 17.8 Å². The van der Waals surface area contributed by atoms with E-state index < -0.39 is 0 Å². The number of nitrogens with zero attached hydrogens (tertiary/aromatic N) is 2. The monoisotopic (exact) mass is 331 g/mol. The summed E-state index contributed by atoms with van der Waals surface area (Å²) in [5, 5.41) is 16.0. The number of amides is 1. The van der Waals surface area contributed by atoms with E-state index in [2.05, 4.69) is 10.4 Å². The standard InChI is InChI=1S/C18H22FN3O2/c19-15-6-2-1-5-14(15)18(8-3-4-9-18)13-20-17(24)16-7-10-21-22(16)11-12-23/h1-2,5-7,10,23H,3-4,8-9,11-13H2,(H,20,24). The first-order valence-electron chi connectivity index (χ1n) is 8.32. The summed E-state index contributed by atoms with van der Waals surface area (Å²) in [4.78, 5) is 12.5. The van der Waals surface area contributed by atoms with Crippen LogP contribution in [-0.4, -0.2) is 33.9 Å². The Labute approximate surface area is 140 Å². The Morgan fingerprint density at radius 3 is 2.75 bits per heavy atom. The zero-order valence-corrected chi connectivity index (χ0v) is 13.5. The molecule has 1 saturated carbocycles. The zero-order chi connectivity index (χ0) is 17.0. The van der Waals surface area contributed by atoms with Crippen molar-refractivity contribution in [1.29, 1.82) is 0 Å². The summed E-state index contributed by atoms with van der Waals surface area (Å²) in [6, 6.07) is 8.45. The largest absolute Gasteiger partial charge is 0.394 e. The van der Waals surface area contributed by atoms with Crippen LogP contribution in [0.1, 0.15) is 41.7 Å². The van der Waals surface area contributed by atoms with Gasteiger partial charge in [-0.05, 0) is 30.5 Å². The molecule has 3 rings (SSSR count). The van der Waals surface area contributed by atoms with E-state index in [1.54, 1.807) is 12.1 Å². The normalized spacial score (nSPS) is 16.2. The minimum absolute atomic E-state index is 0.0822. The highest BCUT2D eigenvalue weighted by atomic mass is 19.1. The lowest BCUT2D eigenvalue weighted by Gasteiger charge is -2.30. The number of nitrogens with one attached hydrogen (secondary N) is 1. The van der Waals surface area contributed by atoms with Gasteiger partial charge >= 0.3 is 0 Å². The first kappa shape index (κ1) is 16.6. The molecule has 0 bridgehead atoms. The number of aliphatic hydroxyl groups excluding tert-OH is 1. The van der Waals surface area contributed by atoms with Crippen LogP contribution in [-0.2, 0) is 12.0 Å². The van der Waals surface area contributed by atoms with Gasteiger partial charge in [-0.3, -0.25) is 9.48 Å². The van der Waals surface area contributed by atoms with E-state index in [4.69, 9.17) is 5.11 Å². The van der Waals surface area contributed by atoms with Gasteiger partial charge in [0, 0.05) is 18.2 Å². The lowest BCUT2D eigenvalue weighted by molar-refractivity contribution is 0.0930. The molecule has 1 aromatic carbocycles. The third-order valence-corrected chi connectivity index (χ3v) is 4.85. The second-order valence-electron chi connectivity index (χ2n) is 6.31. The number of rotatable bonds is 6. The minimum Gasteiger partial charge on any atom is -0.394 e. The molecule has 0 saturated heterocycles. The first-order valence-corrected chi connectivity index (χ1v) is 8.32. The summed E-state index contributed by atoms with van der Waals surface area (Å²) in [5.74, 6) is -0.456. The van der Waals surface area contributed by atoms with Crippen molar-refractivity contribution in [2.45, 2.75) is 37.6 Å². The number of aliphatic hydroxyl groups is 1. The van der Waals surface area contributed by atoms with Crippen LogP contribution >= 0.6 is 0 Å². The Morgan fingerprint density at radius 2 is 2.04 bits per heavy atom. The van der Waals surface area contributed by atoms with Gasteiger partial charge in [0.1, 0.15) is 11.5 Å². The molecule has 1 fully saturated rings. The maximum atomic E-state index is 14.3. The molecular formula is C18H22FN3O2. The van der Waals surface area contributed by atoms with Crippen molar-refractivity contribution in [2.24, 2.45) is 0 Å². The number of halogens is 1. The molecular weight excluding hydrogens is 309 g/mol. The van der Waals surface area contributed by atoms with Crippen LogP contribution in [0.5, 0.6) is 0 Å². The van der Waals surface area contributed by atoms with Gasteiger partial charge in [-0.2, -0.15) is 5.10 Å². The average Bonchev–Trinajstić information content (AvgIpc) is 3.24. The fourth-order valence-corrected chi connectivity index (χ4v) is 3.62. The Morgan fingerprint density at radius 1 is 1.29 bits per heavy atom. The molecule has 1 aromatic heterocycles. The molecule has 0 spiro atoms. The molecule has 0 atom stereocenters. The molecule has 6 heteroatoms. The Bertz CT molecular complexity index is 708. The maximum absolute atomic E-state index is 14.3. The fraction of sp³-hybridized carbons (Fsp3) is 0.444. The molecule has 1 aliphatic rings. The second kappa shape index (κ2) is 7.13. The zero-order valence-electron chi connectivity index (χ0n) is 13.5. The average molecular weight is 331 g/mol. The quantitative estimate of drug-likeness (QED) is 0.853. The predicted octanol–water partition coefficient (Wildman–Crippen LogP) is 2.26. The predicted molar refractivity (Wildman–Crippen MR) is 88.2 cm³/mol. The molecule has 2 aromatic rings. The van der Waals surface area contributed by atoms with Gasteiger partial charge < -0.3 is 10.4 Å². The maximum Gasteiger partial charge on any atom is 0.269 e. The van der Waals surface area contributed by atoms with Gasteiger partial charge in [0.05, 0.1) is 13.2 Å². The van der Waals surface area contributed by atoms with E-state index in [1.807, 2.05) is 12.1 Å². The van der Waals surface area contributed by atoms with Crippen LogP contribution in [0.4, 0.5) is 4.39 Å². The lowest BCUT2D eigenvalue weighted by atomic mass is 9.78. The third-order valence-electron chi connectivity index (χ3n) is 4.85. The lowest BCUT2D eigenvalue weighted by Crippen LogP contribution is -2.40. The molecule has 24 heavy (non-hydrogen) atoms. The molecule has 0 radical (unpaired) electrons. The summed E-state index contributed by atoms with van der Waals surface area (Å²) in [6.45, 7) is 0.590. The molecule has 1 heterocycles. The topological polar surface area (TPSA) is 67.2 Å². The minimum atomic E-state index is -0.344. The van der Waals surface area contributed by atoms with Crippen LogP contribution in [0, 0.1) is 5.82 Å². The van der Waals surface area contributed by atoms with Gasteiger partial charge in [-0.15, -0.1) is 0 Å². The first-order chi connectivity index (χ1) is 11.7. The molecule has 0 aliphatic heterocycles. The third kappa shape index (κ3) is 3.19. The van der Waals surface area contributed by atoms with Crippen LogP contribution < -0.4 is 5.32 Å². The van der Waals surface area contributed by atoms with Crippen molar-refractivity contribution >= 4 is 5.91 Å². The summed E-state index contributed by atoms with van der Waals surface area (Å²) in [6.07, 6.45) is 5.33. The Balaban J connectivity index is 1.77. The van der Waals surface area contributed by atoms with Gasteiger partial charge in [0.15, 0.2) is 0 Å². The highest BCUT2D eigenvalue weighted by Crippen LogP contribution is 2.41. The number of carbonyl (C=O) groups excluding carboxylic acids is 1. The number of benzene rings is 1. The summed E-state index contributed by atoms with van der Waals surface area (Å²) in [7, 11) is 0. The highest BCUT2D eigenvalue weighted by Gasteiger charge is 2.38. The summed E-state index contributed by atoms with van der Waals surface area (Å²) < 4.78 is 15.8. The van der Waals surface area contributed by atoms with Crippen LogP contribution in [0.15, 0.2) is 36.5 Å².